The van der Waals surface area contributed by atoms with Gasteiger partial charge in [0.15, 0.2) is 0 Å². The quantitative estimate of drug-likeness (QED) is 0.859. The molecule has 0 spiro atoms. The zero-order valence-electron chi connectivity index (χ0n) is 9.42. The predicted molar refractivity (Wildman–Crippen MR) is 67.7 cm³/mol. The van der Waals surface area contributed by atoms with Crippen molar-refractivity contribution < 1.29 is 9.21 Å². The van der Waals surface area contributed by atoms with Crippen LogP contribution >= 0.6 is 23.2 Å². The third kappa shape index (κ3) is 2.96. The monoisotopic (exact) mass is 275 g/mol. The maximum Gasteiger partial charge on any atom is 0.256 e. The van der Waals surface area contributed by atoms with Crippen LogP contribution in [0.2, 0.25) is 5.22 Å². The number of halogens is 2. The number of alkyl halides is 1. The highest BCUT2D eigenvalue weighted by atomic mass is 35.5. The summed E-state index contributed by atoms with van der Waals surface area (Å²) in [5.41, 5.74) is 0.394. The number of furan rings is 1. The molecule has 1 fully saturated rings. The van der Waals surface area contributed by atoms with Gasteiger partial charge in [-0.3, -0.25) is 4.79 Å². The summed E-state index contributed by atoms with van der Waals surface area (Å²) in [5, 5.41) is 3.13. The first-order valence-corrected chi connectivity index (χ1v) is 6.73. The summed E-state index contributed by atoms with van der Waals surface area (Å²) < 4.78 is 4.91. The van der Waals surface area contributed by atoms with E-state index in [0.717, 1.165) is 19.3 Å². The van der Waals surface area contributed by atoms with Crippen LogP contribution in [0.15, 0.2) is 16.7 Å². The molecule has 2 unspecified atom stereocenters. The lowest BCUT2D eigenvalue weighted by atomic mass is 9.85. The van der Waals surface area contributed by atoms with Crippen LogP contribution in [0.5, 0.6) is 0 Å². The van der Waals surface area contributed by atoms with Gasteiger partial charge in [0.2, 0.25) is 5.22 Å². The van der Waals surface area contributed by atoms with Crippen LogP contribution in [0.3, 0.4) is 0 Å². The summed E-state index contributed by atoms with van der Waals surface area (Å²) in [6.07, 6.45) is 5.80. The highest BCUT2D eigenvalue weighted by Crippen LogP contribution is 2.26. The SMILES string of the molecule is O=C(NC1CCCCC1CCl)c1ccoc1Cl. The fourth-order valence-electron chi connectivity index (χ4n) is 2.28. The van der Waals surface area contributed by atoms with Gasteiger partial charge in [0.25, 0.3) is 5.91 Å². The molecule has 0 aromatic carbocycles. The van der Waals surface area contributed by atoms with E-state index in [0.29, 0.717) is 17.4 Å². The van der Waals surface area contributed by atoms with Crippen LogP contribution in [-0.4, -0.2) is 17.8 Å². The van der Waals surface area contributed by atoms with Crippen LogP contribution in [-0.2, 0) is 0 Å². The summed E-state index contributed by atoms with van der Waals surface area (Å²) >= 11 is 11.7. The molecule has 1 aliphatic carbocycles. The van der Waals surface area contributed by atoms with Crippen molar-refractivity contribution in [3.8, 4) is 0 Å². The van der Waals surface area contributed by atoms with E-state index in [1.54, 1.807) is 6.07 Å². The lowest BCUT2D eigenvalue weighted by molar-refractivity contribution is 0.0910. The number of carbonyl (C=O) groups excluding carboxylic acids is 1. The summed E-state index contributed by atoms with van der Waals surface area (Å²) in [5.74, 6) is 0.773. The van der Waals surface area contributed by atoms with E-state index in [2.05, 4.69) is 5.32 Å². The van der Waals surface area contributed by atoms with Crippen molar-refractivity contribution in [2.24, 2.45) is 5.92 Å². The molecule has 17 heavy (non-hydrogen) atoms. The molecule has 0 aliphatic heterocycles. The molecule has 1 heterocycles. The van der Waals surface area contributed by atoms with Crippen LogP contribution < -0.4 is 5.32 Å². The summed E-state index contributed by atoms with van der Waals surface area (Å²) in [6.45, 7) is 0. The van der Waals surface area contributed by atoms with Gasteiger partial charge in [-0.1, -0.05) is 12.8 Å². The average molecular weight is 276 g/mol. The number of hydrogen-bond donors (Lipinski definition) is 1. The highest BCUT2D eigenvalue weighted by molar-refractivity contribution is 6.32. The van der Waals surface area contributed by atoms with Gasteiger partial charge in [-0.25, -0.2) is 0 Å². The fourth-order valence-corrected chi connectivity index (χ4v) is 2.85. The smallest absolute Gasteiger partial charge is 0.256 e. The molecule has 1 saturated carbocycles. The third-order valence-electron chi connectivity index (χ3n) is 3.29. The molecule has 2 rings (SSSR count). The van der Waals surface area contributed by atoms with Gasteiger partial charge in [-0.05, 0) is 36.4 Å². The molecule has 2 atom stereocenters. The molecule has 94 valence electrons. The number of nitrogens with one attached hydrogen (secondary N) is 1. The average Bonchev–Trinajstić information content (AvgIpc) is 2.76. The normalized spacial score (nSPS) is 24.6. The van der Waals surface area contributed by atoms with Crippen LogP contribution in [0.1, 0.15) is 36.0 Å². The van der Waals surface area contributed by atoms with E-state index in [-0.39, 0.29) is 17.2 Å². The van der Waals surface area contributed by atoms with Crippen molar-refractivity contribution in [3.05, 3.63) is 23.1 Å². The first-order chi connectivity index (χ1) is 8.22. The van der Waals surface area contributed by atoms with Gasteiger partial charge in [-0.2, -0.15) is 0 Å². The van der Waals surface area contributed by atoms with E-state index in [9.17, 15) is 4.79 Å². The fraction of sp³-hybridized carbons (Fsp3) is 0.583. The van der Waals surface area contributed by atoms with Crippen LogP contribution in [0.4, 0.5) is 0 Å². The Hall–Kier alpha value is -0.670. The van der Waals surface area contributed by atoms with Crippen molar-refractivity contribution >= 4 is 29.1 Å². The first kappa shape index (κ1) is 12.8. The zero-order chi connectivity index (χ0) is 12.3. The number of carbonyl (C=O) groups is 1. The minimum atomic E-state index is -0.175. The minimum Gasteiger partial charge on any atom is -0.452 e. The maximum absolute atomic E-state index is 12.0. The number of rotatable bonds is 3. The lowest BCUT2D eigenvalue weighted by Gasteiger charge is -2.30. The first-order valence-electron chi connectivity index (χ1n) is 5.82. The van der Waals surface area contributed by atoms with E-state index in [4.69, 9.17) is 27.6 Å². The Morgan fingerprint density at radius 2 is 2.24 bits per heavy atom. The maximum atomic E-state index is 12.0. The lowest BCUT2D eigenvalue weighted by Crippen LogP contribution is -2.42. The van der Waals surface area contributed by atoms with Gasteiger partial charge in [0, 0.05) is 11.9 Å². The van der Waals surface area contributed by atoms with E-state index < -0.39 is 0 Å². The second-order valence-electron chi connectivity index (χ2n) is 4.39. The second kappa shape index (κ2) is 5.78. The standard InChI is InChI=1S/C12H15Cl2NO2/c13-7-8-3-1-2-4-10(8)15-12(16)9-5-6-17-11(9)14/h5-6,8,10H,1-4,7H2,(H,15,16). The van der Waals surface area contributed by atoms with Gasteiger partial charge in [0.05, 0.1) is 11.8 Å². The van der Waals surface area contributed by atoms with Crippen molar-refractivity contribution in [1.82, 2.24) is 5.32 Å². The van der Waals surface area contributed by atoms with Crippen molar-refractivity contribution in [1.29, 1.82) is 0 Å². The minimum absolute atomic E-state index is 0.140. The largest absolute Gasteiger partial charge is 0.452 e. The topological polar surface area (TPSA) is 42.2 Å². The number of hydrogen-bond acceptors (Lipinski definition) is 2. The second-order valence-corrected chi connectivity index (χ2v) is 5.04. The van der Waals surface area contributed by atoms with Gasteiger partial charge in [-0.15, -0.1) is 11.6 Å². The van der Waals surface area contributed by atoms with Crippen molar-refractivity contribution in [3.63, 3.8) is 0 Å². The zero-order valence-corrected chi connectivity index (χ0v) is 10.9. The molecule has 1 amide bonds. The third-order valence-corrected chi connectivity index (χ3v) is 3.98. The Balaban J connectivity index is 2.00. The molecular formula is C12H15Cl2NO2. The van der Waals surface area contributed by atoms with Gasteiger partial charge in [0.1, 0.15) is 0 Å². The molecule has 0 radical (unpaired) electrons. The van der Waals surface area contributed by atoms with E-state index >= 15 is 0 Å². The molecule has 1 aromatic rings. The van der Waals surface area contributed by atoms with Crippen molar-refractivity contribution in [2.75, 3.05) is 5.88 Å². The van der Waals surface area contributed by atoms with Gasteiger partial charge < -0.3 is 9.73 Å². The Morgan fingerprint density at radius 3 is 2.88 bits per heavy atom. The Labute approximate surface area is 110 Å². The summed E-state index contributed by atoms with van der Waals surface area (Å²) in [7, 11) is 0. The summed E-state index contributed by atoms with van der Waals surface area (Å²) in [6, 6.07) is 1.73. The molecule has 5 heteroatoms. The molecule has 0 saturated heterocycles. The van der Waals surface area contributed by atoms with E-state index in [1.165, 1.54) is 12.7 Å². The van der Waals surface area contributed by atoms with E-state index in [1.807, 2.05) is 0 Å². The highest BCUT2D eigenvalue weighted by Gasteiger charge is 2.26. The molecule has 1 aromatic heterocycles. The molecule has 0 bridgehead atoms. The summed E-state index contributed by atoms with van der Waals surface area (Å²) in [4.78, 5) is 12.0. The molecule has 3 nitrogen and oxygen atoms in total. The molecule has 1 N–H and O–H groups in total. The predicted octanol–water partition coefficient (Wildman–Crippen LogP) is 3.46. The Morgan fingerprint density at radius 1 is 1.47 bits per heavy atom. The Kier molecular flexibility index (Phi) is 4.35. The van der Waals surface area contributed by atoms with Crippen molar-refractivity contribution in [2.45, 2.75) is 31.7 Å². The van der Waals surface area contributed by atoms with Crippen LogP contribution in [0.25, 0.3) is 0 Å². The molecule has 1 aliphatic rings. The number of amides is 1. The van der Waals surface area contributed by atoms with Crippen LogP contribution in [0, 0.1) is 5.92 Å². The molecular weight excluding hydrogens is 261 g/mol. The Bertz CT molecular complexity index is 392. The van der Waals surface area contributed by atoms with Gasteiger partial charge >= 0.3 is 0 Å².